The summed E-state index contributed by atoms with van der Waals surface area (Å²) in [6.45, 7) is 1.85. The first-order valence-corrected chi connectivity index (χ1v) is 6.23. The maximum Gasteiger partial charge on any atom is 0.419 e. The summed E-state index contributed by atoms with van der Waals surface area (Å²) in [6.07, 6.45) is -4.30. The maximum absolute atomic E-state index is 13.2. The van der Waals surface area contributed by atoms with E-state index >= 15 is 0 Å². The number of aryl methyl sites for hydroxylation is 1. The van der Waals surface area contributed by atoms with Gasteiger partial charge in [0.2, 0.25) is 0 Å². The molecule has 2 nitrogen and oxygen atoms in total. The molecule has 0 saturated carbocycles. The number of pyridine rings is 1. The topological polar surface area (TPSA) is 33.1 Å². The first-order valence-electron chi connectivity index (χ1n) is 6.23. The molecule has 1 unspecified atom stereocenters. The highest BCUT2D eigenvalue weighted by molar-refractivity contribution is 5.29. The Balaban J connectivity index is 2.23. The van der Waals surface area contributed by atoms with E-state index in [0.29, 0.717) is 17.8 Å². The van der Waals surface area contributed by atoms with E-state index in [1.165, 1.54) is 0 Å². The summed E-state index contributed by atoms with van der Waals surface area (Å²) in [5.41, 5.74) is 0.113. The van der Waals surface area contributed by atoms with Crippen LogP contribution in [-0.2, 0) is 12.6 Å². The molecule has 0 fully saturated rings. The molecule has 0 saturated heterocycles. The summed E-state index contributed by atoms with van der Waals surface area (Å²) >= 11 is 0. The molecule has 0 spiro atoms. The van der Waals surface area contributed by atoms with Gasteiger partial charge in [-0.3, -0.25) is 4.98 Å². The molecule has 1 aromatic carbocycles. The Labute approximate surface area is 119 Å². The number of rotatable bonds is 3. The molecule has 1 aromatic heterocycles. The van der Waals surface area contributed by atoms with Crippen molar-refractivity contribution in [3.63, 3.8) is 0 Å². The van der Waals surface area contributed by atoms with E-state index in [9.17, 15) is 22.7 Å². The van der Waals surface area contributed by atoms with Gasteiger partial charge >= 0.3 is 6.18 Å². The molecule has 0 radical (unpaired) electrons. The van der Waals surface area contributed by atoms with Crippen LogP contribution in [-0.4, -0.2) is 10.1 Å². The van der Waals surface area contributed by atoms with Crippen LogP contribution in [0.2, 0.25) is 0 Å². The molecule has 112 valence electrons. The van der Waals surface area contributed by atoms with Crippen molar-refractivity contribution in [3.8, 4) is 0 Å². The van der Waals surface area contributed by atoms with E-state index in [1.54, 1.807) is 18.3 Å². The number of hydrogen-bond donors (Lipinski definition) is 1. The highest BCUT2D eigenvalue weighted by atomic mass is 19.4. The van der Waals surface area contributed by atoms with Crippen molar-refractivity contribution in [2.45, 2.75) is 25.6 Å². The Morgan fingerprint density at radius 2 is 1.90 bits per heavy atom. The van der Waals surface area contributed by atoms with Crippen LogP contribution in [0.4, 0.5) is 17.6 Å². The van der Waals surface area contributed by atoms with E-state index in [-0.39, 0.29) is 12.0 Å². The minimum Gasteiger partial charge on any atom is -0.388 e. The van der Waals surface area contributed by atoms with E-state index in [1.807, 2.05) is 6.92 Å². The highest BCUT2D eigenvalue weighted by Gasteiger charge is 2.34. The molecular weight excluding hydrogens is 286 g/mol. The van der Waals surface area contributed by atoms with E-state index < -0.39 is 23.7 Å². The smallest absolute Gasteiger partial charge is 0.388 e. The van der Waals surface area contributed by atoms with E-state index in [2.05, 4.69) is 4.98 Å². The zero-order valence-electron chi connectivity index (χ0n) is 11.2. The number of aromatic nitrogens is 1. The molecule has 0 aliphatic heterocycles. The van der Waals surface area contributed by atoms with Gasteiger partial charge in [-0.1, -0.05) is 12.1 Å². The summed E-state index contributed by atoms with van der Waals surface area (Å²) in [5, 5.41) is 9.99. The molecule has 2 rings (SSSR count). The van der Waals surface area contributed by atoms with Crippen molar-refractivity contribution in [2.24, 2.45) is 0 Å². The van der Waals surface area contributed by atoms with Crippen LogP contribution in [0.1, 0.15) is 28.5 Å². The van der Waals surface area contributed by atoms with Gasteiger partial charge < -0.3 is 5.11 Å². The SMILES string of the molecule is Cc1ccc(CC(O)c2ccc(F)c(C(F)(F)F)c2)nc1. The third kappa shape index (κ3) is 3.78. The van der Waals surface area contributed by atoms with Crippen molar-refractivity contribution < 1.29 is 22.7 Å². The molecule has 0 aliphatic carbocycles. The normalized spacial score (nSPS) is 13.2. The summed E-state index contributed by atoms with van der Waals surface area (Å²) in [7, 11) is 0. The Hall–Kier alpha value is -1.95. The molecule has 1 heterocycles. The van der Waals surface area contributed by atoms with Crippen LogP contribution in [0.25, 0.3) is 0 Å². The van der Waals surface area contributed by atoms with Crippen molar-refractivity contribution in [2.75, 3.05) is 0 Å². The summed E-state index contributed by atoms with van der Waals surface area (Å²) < 4.78 is 51.1. The Bertz CT molecular complexity index is 623. The molecule has 6 heteroatoms. The van der Waals surface area contributed by atoms with Crippen LogP contribution < -0.4 is 0 Å². The second kappa shape index (κ2) is 5.81. The number of aliphatic hydroxyl groups is 1. The van der Waals surface area contributed by atoms with Gasteiger partial charge in [0.1, 0.15) is 5.82 Å². The number of halogens is 4. The molecule has 0 amide bonds. The molecule has 0 aliphatic rings. The van der Waals surface area contributed by atoms with E-state index in [4.69, 9.17) is 0 Å². The van der Waals surface area contributed by atoms with Crippen LogP contribution in [0, 0.1) is 12.7 Å². The molecule has 0 bridgehead atoms. The van der Waals surface area contributed by atoms with Gasteiger partial charge in [0.25, 0.3) is 0 Å². The van der Waals surface area contributed by atoms with Gasteiger partial charge in [0, 0.05) is 18.3 Å². The van der Waals surface area contributed by atoms with Crippen LogP contribution in [0.3, 0.4) is 0 Å². The van der Waals surface area contributed by atoms with Crippen LogP contribution in [0.15, 0.2) is 36.5 Å². The van der Waals surface area contributed by atoms with Gasteiger partial charge in [0.05, 0.1) is 11.7 Å². The number of hydrogen-bond acceptors (Lipinski definition) is 2. The van der Waals surface area contributed by atoms with Gasteiger partial charge in [-0.15, -0.1) is 0 Å². The quantitative estimate of drug-likeness (QED) is 0.874. The molecular formula is C15H13F4NO. The Kier molecular flexibility index (Phi) is 4.27. The maximum atomic E-state index is 13.2. The van der Waals surface area contributed by atoms with Crippen LogP contribution >= 0.6 is 0 Å². The lowest BCUT2D eigenvalue weighted by atomic mass is 10.0. The van der Waals surface area contributed by atoms with Crippen molar-refractivity contribution in [1.29, 1.82) is 0 Å². The zero-order chi connectivity index (χ0) is 15.6. The predicted octanol–water partition coefficient (Wildman–Crippen LogP) is 3.82. The summed E-state index contributed by atoms with van der Waals surface area (Å²) in [4.78, 5) is 4.08. The lowest BCUT2D eigenvalue weighted by Crippen LogP contribution is -2.11. The third-order valence-corrected chi connectivity index (χ3v) is 3.06. The number of benzene rings is 1. The number of aliphatic hydroxyl groups excluding tert-OH is 1. The average molecular weight is 299 g/mol. The summed E-state index contributed by atoms with van der Waals surface area (Å²) in [6, 6.07) is 5.97. The minimum atomic E-state index is -4.79. The lowest BCUT2D eigenvalue weighted by Gasteiger charge is -2.14. The van der Waals surface area contributed by atoms with Gasteiger partial charge in [-0.25, -0.2) is 4.39 Å². The molecule has 1 atom stereocenters. The fourth-order valence-electron chi connectivity index (χ4n) is 1.90. The molecule has 21 heavy (non-hydrogen) atoms. The van der Waals surface area contributed by atoms with Crippen molar-refractivity contribution >= 4 is 0 Å². The minimum absolute atomic E-state index is 0.00565. The first kappa shape index (κ1) is 15.4. The van der Waals surface area contributed by atoms with Crippen molar-refractivity contribution in [1.82, 2.24) is 4.98 Å². The second-order valence-electron chi connectivity index (χ2n) is 4.78. The lowest BCUT2D eigenvalue weighted by molar-refractivity contribution is -0.140. The fourth-order valence-corrected chi connectivity index (χ4v) is 1.90. The Morgan fingerprint density at radius 1 is 1.19 bits per heavy atom. The predicted molar refractivity (Wildman–Crippen MR) is 69.0 cm³/mol. The number of nitrogens with zero attached hydrogens (tertiary/aromatic N) is 1. The fraction of sp³-hybridized carbons (Fsp3) is 0.267. The highest BCUT2D eigenvalue weighted by Crippen LogP contribution is 2.33. The molecule has 1 N–H and O–H groups in total. The standard InChI is InChI=1S/C15H13F4NO/c1-9-2-4-11(20-8-9)7-14(21)10-3-5-13(16)12(6-10)15(17,18)19/h2-6,8,14,21H,7H2,1H3. The summed E-state index contributed by atoms with van der Waals surface area (Å²) in [5.74, 6) is -1.35. The van der Waals surface area contributed by atoms with Gasteiger partial charge in [-0.2, -0.15) is 13.2 Å². The van der Waals surface area contributed by atoms with Gasteiger partial charge in [-0.05, 0) is 36.2 Å². The first-order chi connectivity index (χ1) is 9.77. The Morgan fingerprint density at radius 3 is 2.48 bits per heavy atom. The zero-order valence-corrected chi connectivity index (χ0v) is 11.2. The van der Waals surface area contributed by atoms with Crippen LogP contribution in [0.5, 0.6) is 0 Å². The number of alkyl halides is 3. The second-order valence-corrected chi connectivity index (χ2v) is 4.78. The monoisotopic (exact) mass is 299 g/mol. The average Bonchev–Trinajstić information content (AvgIpc) is 2.40. The van der Waals surface area contributed by atoms with Gasteiger partial charge in [0.15, 0.2) is 0 Å². The van der Waals surface area contributed by atoms with E-state index in [0.717, 1.165) is 11.6 Å². The van der Waals surface area contributed by atoms with Crippen molar-refractivity contribution in [3.05, 3.63) is 64.7 Å². The molecule has 2 aromatic rings. The third-order valence-electron chi connectivity index (χ3n) is 3.06. The largest absolute Gasteiger partial charge is 0.419 e.